The number of amides is 1. The lowest BCUT2D eigenvalue weighted by molar-refractivity contribution is -0.162. The molecule has 0 aromatic heterocycles. The molecule has 0 spiro atoms. The standard InChI is InChI=1S/C15H19NO4/c1-20-12-6-3-2-5-11(12)7-10-16-13(17)15(14(18)19)8-4-9-15/h2-3,5-6H,4,7-10H2,1H3,(H,16,17)(H,18,19). The van der Waals surface area contributed by atoms with E-state index in [0.29, 0.717) is 25.8 Å². The zero-order chi connectivity index (χ0) is 14.6. The minimum atomic E-state index is -1.19. The summed E-state index contributed by atoms with van der Waals surface area (Å²) in [5, 5.41) is 11.9. The van der Waals surface area contributed by atoms with Crippen molar-refractivity contribution in [3.05, 3.63) is 29.8 Å². The zero-order valence-electron chi connectivity index (χ0n) is 11.5. The Hall–Kier alpha value is -2.04. The van der Waals surface area contributed by atoms with Gasteiger partial charge in [-0.15, -0.1) is 0 Å². The molecule has 1 aliphatic rings. The lowest BCUT2D eigenvalue weighted by Gasteiger charge is -2.35. The first-order chi connectivity index (χ1) is 9.60. The molecule has 0 aliphatic heterocycles. The lowest BCUT2D eigenvalue weighted by atomic mass is 9.68. The van der Waals surface area contributed by atoms with E-state index >= 15 is 0 Å². The van der Waals surface area contributed by atoms with Crippen LogP contribution >= 0.6 is 0 Å². The fraction of sp³-hybridized carbons (Fsp3) is 0.467. The van der Waals surface area contributed by atoms with E-state index < -0.39 is 11.4 Å². The van der Waals surface area contributed by atoms with Crippen molar-refractivity contribution in [2.45, 2.75) is 25.7 Å². The average molecular weight is 277 g/mol. The zero-order valence-corrected chi connectivity index (χ0v) is 11.5. The van der Waals surface area contributed by atoms with Crippen LogP contribution in [-0.2, 0) is 16.0 Å². The Kier molecular flexibility index (Phi) is 4.27. The van der Waals surface area contributed by atoms with Crippen LogP contribution in [0.1, 0.15) is 24.8 Å². The number of hydrogen-bond acceptors (Lipinski definition) is 3. The van der Waals surface area contributed by atoms with E-state index in [2.05, 4.69) is 5.32 Å². The Morgan fingerprint density at radius 2 is 2.05 bits per heavy atom. The van der Waals surface area contributed by atoms with Gasteiger partial charge in [0, 0.05) is 6.54 Å². The number of nitrogens with one attached hydrogen (secondary N) is 1. The van der Waals surface area contributed by atoms with Gasteiger partial charge >= 0.3 is 5.97 Å². The van der Waals surface area contributed by atoms with Crippen molar-refractivity contribution in [2.75, 3.05) is 13.7 Å². The van der Waals surface area contributed by atoms with Gasteiger partial charge in [-0.3, -0.25) is 9.59 Å². The molecule has 0 bridgehead atoms. The molecule has 1 fully saturated rings. The maximum Gasteiger partial charge on any atom is 0.319 e. The van der Waals surface area contributed by atoms with E-state index in [4.69, 9.17) is 4.74 Å². The normalized spacial score (nSPS) is 16.1. The molecule has 2 N–H and O–H groups in total. The topological polar surface area (TPSA) is 75.6 Å². The molecule has 0 saturated heterocycles. The van der Waals surface area contributed by atoms with Crippen molar-refractivity contribution in [3.63, 3.8) is 0 Å². The number of rotatable bonds is 6. The van der Waals surface area contributed by atoms with Crippen LogP contribution < -0.4 is 10.1 Å². The number of carbonyl (C=O) groups excluding carboxylic acids is 1. The predicted octanol–water partition coefficient (Wildman–Crippen LogP) is 1.61. The maximum absolute atomic E-state index is 12.0. The highest BCUT2D eigenvalue weighted by molar-refractivity contribution is 6.02. The van der Waals surface area contributed by atoms with Crippen LogP contribution in [0.5, 0.6) is 5.75 Å². The summed E-state index contributed by atoms with van der Waals surface area (Å²) >= 11 is 0. The SMILES string of the molecule is COc1ccccc1CCNC(=O)C1(C(=O)O)CCC1. The highest BCUT2D eigenvalue weighted by atomic mass is 16.5. The lowest BCUT2D eigenvalue weighted by Crippen LogP contribution is -2.51. The Balaban J connectivity index is 1.90. The van der Waals surface area contributed by atoms with E-state index in [1.807, 2.05) is 24.3 Å². The van der Waals surface area contributed by atoms with Crippen LogP contribution in [0.25, 0.3) is 0 Å². The number of methoxy groups -OCH3 is 1. The second-order valence-corrected chi connectivity index (χ2v) is 5.06. The summed E-state index contributed by atoms with van der Waals surface area (Å²) in [6, 6.07) is 7.59. The van der Waals surface area contributed by atoms with Gasteiger partial charge in [-0.2, -0.15) is 0 Å². The fourth-order valence-corrected chi connectivity index (χ4v) is 2.46. The molecule has 0 atom stereocenters. The van der Waals surface area contributed by atoms with Gasteiger partial charge in [0.2, 0.25) is 5.91 Å². The van der Waals surface area contributed by atoms with Crippen molar-refractivity contribution in [1.82, 2.24) is 5.32 Å². The predicted molar refractivity (Wildman–Crippen MR) is 73.6 cm³/mol. The number of carboxylic acid groups (broad SMARTS) is 1. The molecule has 0 heterocycles. The Labute approximate surface area is 117 Å². The van der Waals surface area contributed by atoms with Crippen molar-refractivity contribution >= 4 is 11.9 Å². The molecular formula is C15H19NO4. The van der Waals surface area contributed by atoms with Gasteiger partial charge in [0.15, 0.2) is 0 Å². The van der Waals surface area contributed by atoms with Gasteiger partial charge in [-0.25, -0.2) is 0 Å². The van der Waals surface area contributed by atoms with E-state index in [1.54, 1.807) is 7.11 Å². The third kappa shape index (κ3) is 2.61. The van der Waals surface area contributed by atoms with Gasteiger partial charge in [-0.05, 0) is 30.9 Å². The van der Waals surface area contributed by atoms with E-state index in [9.17, 15) is 14.7 Å². The second-order valence-electron chi connectivity index (χ2n) is 5.06. The van der Waals surface area contributed by atoms with Crippen LogP contribution in [0.2, 0.25) is 0 Å². The maximum atomic E-state index is 12.0. The first kappa shape index (κ1) is 14.4. The summed E-state index contributed by atoms with van der Waals surface area (Å²) in [6.45, 7) is 0.411. The molecule has 1 aromatic carbocycles. The summed E-state index contributed by atoms with van der Waals surface area (Å²) in [5.41, 5.74) is -0.200. The van der Waals surface area contributed by atoms with Crippen LogP contribution in [-0.4, -0.2) is 30.6 Å². The van der Waals surface area contributed by atoms with Gasteiger partial charge in [-0.1, -0.05) is 24.6 Å². The molecule has 20 heavy (non-hydrogen) atoms. The third-order valence-electron chi connectivity index (χ3n) is 3.92. The number of carbonyl (C=O) groups is 2. The van der Waals surface area contributed by atoms with Gasteiger partial charge in [0.25, 0.3) is 0 Å². The molecule has 1 saturated carbocycles. The Morgan fingerprint density at radius 3 is 2.60 bits per heavy atom. The minimum Gasteiger partial charge on any atom is -0.496 e. The summed E-state index contributed by atoms with van der Waals surface area (Å²) in [7, 11) is 1.60. The summed E-state index contributed by atoms with van der Waals surface area (Å²) in [4.78, 5) is 23.2. The summed E-state index contributed by atoms with van der Waals surface area (Å²) in [6.07, 6.45) is 2.28. The summed E-state index contributed by atoms with van der Waals surface area (Å²) < 4.78 is 5.23. The number of hydrogen-bond donors (Lipinski definition) is 2. The molecule has 1 aliphatic carbocycles. The molecule has 108 valence electrons. The molecule has 1 amide bonds. The number of carboxylic acids is 1. The Morgan fingerprint density at radius 1 is 1.35 bits per heavy atom. The average Bonchev–Trinajstić information content (AvgIpc) is 2.37. The van der Waals surface area contributed by atoms with Crippen LogP contribution in [0.15, 0.2) is 24.3 Å². The minimum absolute atomic E-state index is 0.369. The quantitative estimate of drug-likeness (QED) is 0.775. The highest BCUT2D eigenvalue weighted by Gasteiger charge is 2.50. The fourth-order valence-electron chi connectivity index (χ4n) is 2.46. The molecule has 1 aromatic rings. The van der Waals surface area contributed by atoms with E-state index in [-0.39, 0.29) is 5.91 Å². The molecule has 2 rings (SSSR count). The van der Waals surface area contributed by atoms with Gasteiger partial charge in [0.1, 0.15) is 11.2 Å². The van der Waals surface area contributed by atoms with Crippen molar-refractivity contribution in [2.24, 2.45) is 5.41 Å². The van der Waals surface area contributed by atoms with Crippen molar-refractivity contribution in [3.8, 4) is 5.75 Å². The van der Waals surface area contributed by atoms with E-state index in [1.165, 1.54) is 0 Å². The smallest absolute Gasteiger partial charge is 0.319 e. The number of aliphatic carboxylic acids is 1. The van der Waals surface area contributed by atoms with Crippen LogP contribution in [0.3, 0.4) is 0 Å². The molecular weight excluding hydrogens is 258 g/mol. The van der Waals surface area contributed by atoms with Gasteiger partial charge < -0.3 is 15.2 Å². The number of para-hydroxylation sites is 1. The molecule has 0 radical (unpaired) electrons. The molecule has 5 heteroatoms. The Bertz CT molecular complexity index is 508. The number of benzene rings is 1. The first-order valence-electron chi connectivity index (χ1n) is 6.74. The monoisotopic (exact) mass is 277 g/mol. The van der Waals surface area contributed by atoms with Crippen molar-refractivity contribution < 1.29 is 19.4 Å². The second kappa shape index (κ2) is 5.94. The largest absolute Gasteiger partial charge is 0.496 e. The van der Waals surface area contributed by atoms with Crippen molar-refractivity contribution in [1.29, 1.82) is 0 Å². The highest BCUT2D eigenvalue weighted by Crippen LogP contribution is 2.41. The first-order valence-corrected chi connectivity index (χ1v) is 6.74. The van der Waals surface area contributed by atoms with E-state index in [0.717, 1.165) is 17.7 Å². The summed E-state index contributed by atoms with van der Waals surface area (Å²) in [5.74, 6) is -0.608. The number of ether oxygens (including phenoxy) is 1. The molecule has 0 unspecified atom stereocenters. The van der Waals surface area contributed by atoms with Crippen LogP contribution in [0, 0.1) is 5.41 Å². The molecule has 5 nitrogen and oxygen atoms in total. The van der Waals surface area contributed by atoms with Gasteiger partial charge in [0.05, 0.1) is 7.11 Å². The van der Waals surface area contributed by atoms with Crippen LogP contribution in [0.4, 0.5) is 0 Å². The third-order valence-corrected chi connectivity index (χ3v) is 3.92.